The molecule has 2 heterocycles. The molecule has 2 atom stereocenters. The molecular formula is C25H27ClF3N3O. The molecule has 1 aromatic heterocycles. The van der Waals surface area contributed by atoms with Gasteiger partial charge in [-0.25, -0.2) is 4.68 Å². The van der Waals surface area contributed by atoms with Crippen molar-refractivity contribution in [2.45, 2.75) is 69.6 Å². The molecule has 1 aliphatic heterocycles. The monoisotopic (exact) mass is 477 g/mol. The second-order valence-electron chi connectivity index (χ2n) is 10.9. The number of benzene rings is 1. The summed E-state index contributed by atoms with van der Waals surface area (Å²) in [5.74, 6) is 2.21. The lowest BCUT2D eigenvalue weighted by Crippen LogP contribution is -2.46. The lowest BCUT2D eigenvalue weighted by atomic mass is 9.48. The van der Waals surface area contributed by atoms with Gasteiger partial charge in [0, 0.05) is 17.9 Å². The molecule has 1 aromatic carbocycles. The molecular weight excluding hydrogens is 451 g/mol. The third kappa shape index (κ3) is 3.67. The van der Waals surface area contributed by atoms with Crippen molar-refractivity contribution < 1.29 is 18.0 Å². The molecule has 7 rings (SSSR count). The van der Waals surface area contributed by atoms with E-state index in [1.807, 2.05) is 0 Å². The fourth-order valence-electron chi connectivity index (χ4n) is 7.67. The first-order valence-electron chi connectivity index (χ1n) is 11.9. The van der Waals surface area contributed by atoms with Gasteiger partial charge >= 0.3 is 6.18 Å². The number of nitrogens with one attached hydrogen (secondary N) is 1. The maximum Gasteiger partial charge on any atom is 0.410 e. The Morgan fingerprint density at radius 1 is 1.09 bits per heavy atom. The highest BCUT2D eigenvalue weighted by Gasteiger charge is 2.52. The van der Waals surface area contributed by atoms with Crippen LogP contribution in [0.15, 0.2) is 30.5 Å². The van der Waals surface area contributed by atoms with Crippen LogP contribution in [-0.2, 0) is 0 Å². The van der Waals surface area contributed by atoms with Crippen molar-refractivity contribution in [1.82, 2.24) is 9.78 Å². The number of aromatic nitrogens is 2. The van der Waals surface area contributed by atoms with Gasteiger partial charge in [0.25, 0.3) is 0 Å². The number of carbonyl (C=O) groups is 1. The molecule has 4 bridgehead atoms. The van der Waals surface area contributed by atoms with E-state index in [-0.39, 0.29) is 29.0 Å². The summed E-state index contributed by atoms with van der Waals surface area (Å²) in [6.45, 7) is 0. The zero-order chi connectivity index (χ0) is 23.0. The third-order valence-electron chi connectivity index (χ3n) is 8.52. The summed E-state index contributed by atoms with van der Waals surface area (Å²) >= 11 is 6.32. The number of hydrogen-bond donors (Lipinski definition) is 1. The SMILES string of the molecule is O=C(CC12CC3CC(CC(C3)C1)C2)c1cnn2c1NC(c1ccccc1Cl)CC2C(F)(F)F. The van der Waals surface area contributed by atoms with Gasteiger partial charge in [0.05, 0.1) is 17.8 Å². The molecule has 1 N–H and O–H groups in total. The van der Waals surface area contributed by atoms with Crippen LogP contribution < -0.4 is 5.32 Å². The number of hydrogen-bond acceptors (Lipinski definition) is 3. The van der Waals surface area contributed by atoms with Crippen LogP contribution >= 0.6 is 11.6 Å². The first kappa shape index (κ1) is 21.5. The number of carbonyl (C=O) groups excluding carboxylic acids is 1. The Morgan fingerprint density at radius 2 is 1.73 bits per heavy atom. The molecule has 176 valence electrons. The number of fused-ring (bicyclic) bond motifs is 1. The maximum atomic E-state index is 14.0. The smallest absolute Gasteiger partial charge is 0.363 e. The molecule has 2 aromatic rings. The molecule has 4 fully saturated rings. The van der Waals surface area contributed by atoms with Crippen molar-refractivity contribution in [1.29, 1.82) is 0 Å². The molecule has 0 radical (unpaired) electrons. The molecule has 4 aliphatic carbocycles. The normalized spacial score (nSPS) is 34.7. The summed E-state index contributed by atoms with van der Waals surface area (Å²) in [4.78, 5) is 13.5. The van der Waals surface area contributed by atoms with E-state index in [4.69, 9.17) is 11.6 Å². The van der Waals surface area contributed by atoms with E-state index in [9.17, 15) is 18.0 Å². The zero-order valence-electron chi connectivity index (χ0n) is 18.2. The van der Waals surface area contributed by atoms with Crippen LogP contribution in [0.1, 0.15) is 79.4 Å². The van der Waals surface area contributed by atoms with Gasteiger partial charge in [-0.05, 0) is 73.3 Å². The maximum absolute atomic E-state index is 14.0. The van der Waals surface area contributed by atoms with Crippen molar-refractivity contribution in [3.8, 4) is 0 Å². The Kier molecular flexibility index (Phi) is 4.88. The predicted octanol–water partition coefficient (Wildman–Crippen LogP) is 6.99. The highest BCUT2D eigenvalue weighted by molar-refractivity contribution is 6.31. The van der Waals surface area contributed by atoms with E-state index in [0.29, 0.717) is 34.8 Å². The van der Waals surface area contributed by atoms with Crippen LogP contribution in [0.25, 0.3) is 0 Å². The van der Waals surface area contributed by atoms with Crippen LogP contribution in [0.4, 0.5) is 19.0 Å². The van der Waals surface area contributed by atoms with Gasteiger partial charge in [-0.3, -0.25) is 4.79 Å². The molecule has 0 amide bonds. The summed E-state index contributed by atoms with van der Waals surface area (Å²) in [6, 6.07) is 4.45. The second kappa shape index (κ2) is 7.49. The van der Waals surface area contributed by atoms with Crippen LogP contribution in [-0.4, -0.2) is 21.7 Å². The molecule has 4 saturated carbocycles. The van der Waals surface area contributed by atoms with Crippen molar-refractivity contribution >= 4 is 23.2 Å². The van der Waals surface area contributed by atoms with Crippen LogP contribution in [0.2, 0.25) is 5.02 Å². The number of anilines is 1. The summed E-state index contributed by atoms with van der Waals surface area (Å²) in [6.07, 6.45) is 4.11. The Bertz CT molecular complexity index is 1060. The quantitative estimate of drug-likeness (QED) is 0.483. The molecule has 2 unspecified atom stereocenters. The topological polar surface area (TPSA) is 46.9 Å². The zero-order valence-corrected chi connectivity index (χ0v) is 19.0. The minimum absolute atomic E-state index is 0.0148. The molecule has 4 nitrogen and oxygen atoms in total. The summed E-state index contributed by atoms with van der Waals surface area (Å²) in [7, 11) is 0. The number of ketones is 1. The van der Waals surface area contributed by atoms with Crippen molar-refractivity contribution in [3.05, 3.63) is 46.6 Å². The molecule has 8 heteroatoms. The Morgan fingerprint density at radius 3 is 2.33 bits per heavy atom. The Hall–Kier alpha value is -2.02. The van der Waals surface area contributed by atoms with Gasteiger partial charge < -0.3 is 5.32 Å². The lowest BCUT2D eigenvalue weighted by molar-refractivity contribution is -0.173. The second-order valence-corrected chi connectivity index (χ2v) is 11.3. The Balaban J connectivity index is 1.32. The largest absolute Gasteiger partial charge is 0.410 e. The van der Waals surface area contributed by atoms with Gasteiger partial charge in [0.1, 0.15) is 5.82 Å². The van der Waals surface area contributed by atoms with E-state index in [1.54, 1.807) is 24.3 Å². The van der Waals surface area contributed by atoms with Crippen molar-refractivity contribution in [2.24, 2.45) is 23.2 Å². The van der Waals surface area contributed by atoms with E-state index in [1.165, 1.54) is 25.5 Å². The fraction of sp³-hybridized carbons (Fsp3) is 0.600. The number of nitrogens with zero attached hydrogens (tertiary/aromatic N) is 2. The summed E-state index contributed by atoms with van der Waals surface area (Å²) < 4.78 is 43.0. The third-order valence-corrected chi connectivity index (χ3v) is 8.86. The number of halogens is 4. The number of Topliss-reactive ketones (excluding diaryl/α,β-unsaturated/α-hetero) is 1. The van der Waals surface area contributed by atoms with E-state index in [0.717, 1.165) is 23.9 Å². The minimum atomic E-state index is -4.48. The van der Waals surface area contributed by atoms with Gasteiger partial charge in [-0.2, -0.15) is 18.3 Å². The first-order valence-corrected chi connectivity index (χ1v) is 12.3. The first-order chi connectivity index (χ1) is 15.7. The van der Waals surface area contributed by atoms with Crippen LogP contribution in [0.5, 0.6) is 0 Å². The molecule has 33 heavy (non-hydrogen) atoms. The van der Waals surface area contributed by atoms with E-state index >= 15 is 0 Å². The van der Waals surface area contributed by atoms with Crippen LogP contribution in [0, 0.1) is 23.2 Å². The van der Waals surface area contributed by atoms with Gasteiger partial charge in [0.2, 0.25) is 0 Å². The molecule has 5 aliphatic rings. The fourth-order valence-corrected chi connectivity index (χ4v) is 7.94. The predicted molar refractivity (Wildman–Crippen MR) is 119 cm³/mol. The standard InChI is InChI=1S/C25H27ClF3N3O/c26-19-4-2-1-3-17(19)20-8-22(25(27,28)29)32-23(31-20)18(13-30-32)21(33)12-24-9-14-5-15(10-24)7-16(6-14)11-24/h1-4,13-16,20,22,31H,5-12H2. The van der Waals surface area contributed by atoms with Crippen LogP contribution in [0.3, 0.4) is 0 Å². The number of rotatable bonds is 4. The Labute approximate surface area is 195 Å². The average molecular weight is 478 g/mol. The summed E-state index contributed by atoms with van der Waals surface area (Å²) in [5.41, 5.74) is 0.887. The van der Waals surface area contributed by atoms with E-state index < -0.39 is 18.3 Å². The molecule has 0 spiro atoms. The minimum Gasteiger partial charge on any atom is -0.363 e. The lowest BCUT2D eigenvalue weighted by Gasteiger charge is -2.56. The van der Waals surface area contributed by atoms with Gasteiger partial charge in [-0.1, -0.05) is 29.8 Å². The van der Waals surface area contributed by atoms with Crippen molar-refractivity contribution in [2.75, 3.05) is 5.32 Å². The summed E-state index contributed by atoms with van der Waals surface area (Å²) in [5, 5.41) is 7.65. The van der Waals surface area contributed by atoms with Crippen molar-refractivity contribution in [3.63, 3.8) is 0 Å². The van der Waals surface area contributed by atoms with E-state index in [2.05, 4.69) is 10.4 Å². The highest BCUT2D eigenvalue weighted by atomic mass is 35.5. The highest BCUT2D eigenvalue weighted by Crippen LogP contribution is 2.61. The van der Waals surface area contributed by atoms with Gasteiger partial charge in [0.15, 0.2) is 11.8 Å². The number of alkyl halides is 3. The average Bonchev–Trinajstić information content (AvgIpc) is 3.15. The molecule has 0 saturated heterocycles. The van der Waals surface area contributed by atoms with Gasteiger partial charge in [-0.15, -0.1) is 0 Å².